The second-order valence-corrected chi connectivity index (χ2v) is 21.4. The molecule has 4 saturated heterocycles. The number of fused-ring (bicyclic) bond motifs is 2. The van der Waals surface area contributed by atoms with Gasteiger partial charge in [0.05, 0.1) is 77.0 Å². The standard InChI is InChI=1S/C51H84N8O14S2/c1-66-49(67-2)38-32-36(47(52)62)31-37(33-38)48(63)59(17-9-21-70-25-29-72-27-23-68-19-7-15-53-43(60)13-5-3-11-41-45-39(34-74-41)55-50(64)57-45)18-10-22-71-26-30-73-28-24-69-20-8-16-54-44(61)14-6-4-12-42-46-40(35-75-42)56-51(65)58-46/h31-33,39-42,45-46,49H,3-30,34-35H2,1-2H3,(H2,52,62)(H,53,60)(H,54,61)(H2,55,57,64)(H2,56,58,65)/t39-,40-,41-,42-,45-,46-/m0/s1. The Labute approximate surface area is 450 Å². The highest BCUT2D eigenvalue weighted by atomic mass is 32.2. The van der Waals surface area contributed by atoms with Gasteiger partial charge in [0, 0.05) is 118 Å². The van der Waals surface area contributed by atoms with Crippen molar-refractivity contribution in [1.29, 1.82) is 0 Å². The number of amides is 8. The summed E-state index contributed by atoms with van der Waals surface area (Å²) in [6, 6.07) is 5.36. The summed E-state index contributed by atoms with van der Waals surface area (Å²) in [5.74, 6) is 1.01. The molecule has 4 aliphatic heterocycles. The average Bonchev–Trinajstić information content (AvgIpc) is 4.17. The molecule has 424 valence electrons. The molecule has 0 saturated carbocycles. The van der Waals surface area contributed by atoms with Crippen LogP contribution in [0.25, 0.3) is 0 Å². The quantitative estimate of drug-likeness (QED) is 0.0281. The molecule has 1 aromatic carbocycles. The summed E-state index contributed by atoms with van der Waals surface area (Å²) in [6.45, 7) is 6.92. The minimum atomic E-state index is -0.800. The summed E-state index contributed by atoms with van der Waals surface area (Å²) in [5, 5.41) is 18.7. The fourth-order valence-corrected chi connectivity index (χ4v) is 12.3. The van der Waals surface area contributed by atoms with Gasteiger partial charge in [-0.1, -0.05) is 12.8 Å². The van der Waals surface area contributed by atoms with Gasteiger partial charge in [0.25, 0.3) is 5.91 Å². The Kier molecular flexibility index (Phi) is 29.8. The van der Waals surface area contributed by atoms with Gasteiger partial charge in [-0.25, -0.2) is 9.59 Å². The number of hydrogen-bond donors (Lipinski definition) is 7. The van der Waals surface area contributed by atoms with Gasteiger partial charge < -0.3 is 80.4 Å². The third kappa shape index (κ3) is 23.3. The van der Waals surface area contributed by atoms with E-state index in [9.17, 15) is 28.8 Å². The normalized spacial score (nSPS) is 20.6. The summed E-state index contributed by atoms with van der Waals surface area (Å²) >= 11 is 3.78. The van der Waals surface area contributed by atoms with E-state index in [-0.39, 0.29) is 65.1 Å². The number of nitrogens with one attached hydrogen (secondary N) is 6. The van der Waals surface area contributed by atoms with Crippen LogP contribution in [0.2, 0.25) is 0 Å². The SMILES string of the molecule is COC(OC)c1cc(C(N)=O)cc(C(=O)N(CCCOCCOCCOCCCNC(=O)CCCC[C@@H]2SC[C@@H]3NC(=O)N[C@@H]32)CCCOCCOCCOCCCNC(=O)CCCC[C@@H]2SC[C@@H]3NC(=O)N[C@@H]32)c1. The molecular weight excluding hydrogens is 1010 g/mol. The molecule has 0 bridgehead atoms. The molecule has 4 aliphatic rings. The maximum absolute atomic E-state index is 14.0. The number of benzene rings is 1. The van der Waals surface area contributed by atoms with E-state index in [0.717, 1.165) is 50.0 Å². The number of nitrogens with zero attached hydrogens (tertiary/aromatic N) is 1. The number of rotatable bonds is 43. The molecule has 4 fully saturated rings. The maximum Gasteiger partial charge on any atom is 0.315 e. The van der Waals surface area contributed by atoms with Crippen LogP contribution in [-0.2, 0) is 47.5 Å². The molecule has 75 heavy (non-hydrogen) atoms. The number of carbonyl (C=O) groups is 6. The van der Waals surface area contributed by atoms with E-state index in [1.165, 1.54) is 20.3 Å². The monoisotopic (exact) mass is 1100 g/mol. The van der Waals surface area contributed by atoms with E-state index in [4.69, 9.17) is 43.6 Å². The number of urea groups is 2. The van der Waals surface area contributed by atoms with Crippen LogP contribution < -0.4 is 37.6 Å². The number of nitrogens with two attached hydrogens (primary N) is 1. The fourth-order valence-electron chi connectivity index (χ4n) is 9.25. The van der Waals surface area contributed by atoms with Gasteiger partial charge in [-0.15, -0.1) is 0 Å². The first-order valence-electron chi connectivity index (χ1n) is 26.7. The van der Waals surface area contributed by atoms with Gasteiger partial charge in [-0.05, 0) is 69.6 Å². The lowest BCUT2D eigenvalue weighted by Gasteiger charge is -2.24. The lowest BCUT2D eigenvalue weighted by Crippen LogP contribution is -2.36. The number of unbranched alkanes of at least 4 members (excludes halogenated alkanes) is 2. The maximum atomic E-state index is 14.0. The zero-order chi connectivity index (χ0) is 53.5. The van der Waals surface area contributed by atoms with E-state index in [2.05, 4.69) is 31.9 Å². The lowest BCUT2D eigenvalue weighted by molar-refractivity contribution is -0.122. The van der Waals surface area contributed by atoms with E-state index < -0.39 is 12.2 Å². The van der Waals surface area contributed by atoms with Gasteiger partial charge >= 0.3 is 12.1 Å². The molecule has 4 heterocycles. The Morgan fingerprint density at radius 3 is 1.41 bits per heavy atom. The van der Waals surface area contributed by atoms with E-state index in [1.807, 2.05) is 23.5 Å². The molecule has 8 amide bonds. The molecule has 0 spiro atoms. The van der Waals surface area contributed by atoms with Crippen molar-refractivity contribution in [2.24, 2.45) is 5.73 Å². The van der Waals surface area contributed by atoms with Crippen LogP contribution in [0, 0.1) is 0 Å². The van der Waals surface area contributed by atoms with Gasteiger partial charge in [-0.2, -0.15) is 23.5 Å². The van der Waals surface area contributed by atoms with Crippen molar-refractivity contribution in [2.45, 2.75) is 118 Å². The van der Waals surface area contributed by atoms with Crippen molar-refractivity contribution in [2.75, 3.05) is 131 Å². The molecular formula is C51H84N8O14S2. The fraction of sp³-hybridized carbons (Fsp3) is 0.765. The molecule has 0 aromatic heterocycles. The van der Waals surface area contributed by atoms with Crippen LogP contribution in [0.5, 0.6) is 0 Å². The number of methoxy groups -OCH3 is 2. The topological polar surface area (TPSA) is 278 Å². The van der Waals surface area contributed by atoms with Crippen molar-refractivity contribution in [3.05, 3.63) is 34.9 Å². The molecule has 24 heteroatoms. The molecule has 22 nitrogen and oxygen atoms in total. The first-order chi connectivity index (χ1) is 36.6. The highest BCUT2D eigenvalue weighted by molar-refractivity contribution is 8.00. The molecule has 0 unspecified atom stereocenters. The third-order valence-electron chi connectivity index (χ3n) is 13.1. The van der Waals surface area contributed by atoms with Crippen LogP contribution in [0.4, 0.5) is 9.59 Å². The molecule has 1 aromatic rings. The predicted molar refractivity (Wildman–Crippen MR) is 285 cm³/mol. The van der Waals surface area contributed by atoms with Crippen molar-refractivity contribution in [1.82, 2.24) is 36.8 Å². The third-order valence-corrected chi connectivity index (χ3v) is 16.1. The van der Waals surface area contributed by atoms with Crippen molar-refractivity contribution >= 4 is 59.2 Å². The first kappa shape index (κ1) is 61.9. The minimum Gasteiger partial charge on any atom is -0.379 e. The van der Waals surface area contributed by atoms with Crippen molar-refractivity contribution in [3.63, 3.8) is 0 Å². The van der Waals surface area contributed by atoms with Crippen molar-refractivity contribution < 1.29 is 66.7 Å². The zero-order valence-corrected chi connectivity index (χ0v) is 45.7. The smallest absolute Gasteiger partial charge is 0.315 e. The number of ether oxygens (including phenoxy) is 8. The Balaban J connectivity index is 0.854. The van der Waals surface area contributed by atoms with E-state index in [1.54, 1.807) is 17.0 Å². The van der Waals surface area contributed by atoms with Gasteiger partial charge in [0.15, 0.2) is 6.29 Å². The van der Waals surface area contributed by atoms with Gasteiger partial charge in [-0.3, -0.25) is 19.2 Å². The van der Waals surface area contributed by atoms with Crippen LogP contribution in [0.15, 0.2) is 18.2 Å². The number of carbonyl (C=O) groups excluding carboxylic acids is 6. The predicted octanol–water partition coefficient (Wildman–Crippen LogP) is 2.86. The Bertz CT molecular complexity index is 1800. The van der Waals surface area contributed by atoms with E-state index >= 15 is 0 Å². The summed E-state index contributed by atoms with van der Waals surface area (Å²) in [4.78, 5) is 75.5. The lowest BCUT2D eigenvalue weighted by atomic mass is 10.0. The molecule has 0 aliphatic carbocycles. The van der Waals surface area contributed by atoms with Crippen molar-refractivity contribution in [3.8, 4) is 0 Å². The highest BCUT2D eigenvalue weighted by Gasteiger charge is 2.43. The first-order valence-corrected chi connectivity index (χ1v) is 28.8. The Hall–Kier alpha value is -3.98. The Morgan fingerprint density at radius 1 is 0.573 bits per heavy atom. The molecule has 5 rings (SSSR count). The Morgan fingerprint density at radius 2 is 0.987 bits per heavy atom. The average molecular weight is 1100 g/mol. The van der Waals surface area contributed by atoms with Gasteiger partial charge in [0.2, 0.25) is 17.7 Å². The summed E-state index contributed by atoms with van der Waals surface area (Å²) in [7, 11) is 2.93. The summed E-state index contributed by atoms with van der Waals surface area (Å²) < 4.78 is 45.0. The van der Waals surface area contributed by atoms with Crippen LogP contribution >= 0.6 is 23.5 Å². The van der Waals surface area contributed by atoms with Crippen LogP contribution in [0.3, 0.4) is 0 Å². The molecule has 6 atom stereocenters. The molecule has 8 N–H and O–H groups in total. The summed E-state index contributed by atoms with van der Waals surface area (Å²) in [6.07, 6.45) is 8.26. The number of hydrogen-bond acceptors (Lipinski definition) is 16. The number of thioether (sulfide) groups is 2. The largest absolute Gasteiger partial charge is 0.379 e. The van der Waals surface area contributed by atoms with E-state index in [0.29, 0.717) is 160 Å². The molecule has 0 radical (unpaired) electrons. The van der Waals surface area contributed by atoms with Crippen LogP contribution in [-0.4, -0.2) is 206 Å². The van der Waals surface area contributed by atoms with Gasteiger partial charge in [0.1, 0.15) is 0 Å². The second kappa shape index (κ2) is 36.2. The van der Waals surface area contributed by atoms with Crippen LogP contribution in [0.1, 0.15) is 110 Å². The highest BCUT2D eigenvalue weighted by Crippen LogP contribution is 2.34. The summed E-state index contributed by atoms with van der Waals surface area (Å²) in [5.41, 5.74) is 6.56. The second-order valence-electron chi connectivity index (χ2n) is 18.8. The zero-order valence-electron chi connectivity index (χ0n) is 44.0. The minimum absolute atomic E-state index is 0.0462. The number of primary amides is 1.